The highest BCUT2D eigenvalue weighted by Crippen LogP contribution is 2.27. The van der Waals surface area contributed by atoms with Crippen LogP contribution in [0.1, 0.15) is 22.8 Å². The number of rotatable bonds is 5. The molecule has 1 N–H and O–H groups in total. The predicted molar refractivity (Wildman–Crippen MR) is 114 cm³/mol. The summed E-state index contributed by atoms with van der Waals surface area (Å²) < 4.78 is 11.2. The SMILES string of the molecule is Cc1ccc(NC(=O)C(C)OC(=O)c2ccccc2-c2nc3ccccc3o2)cc1. The molecule has 6 heteroatoms. The van der Waals surface area contributed by atoms with E-state index in [4.69, 9.17) is 9.15 Å². The lowest BCUT2D eigenvalue weighted by molar-refractivity contribution is -0.123. The van der Waals surface area contributed by atoms with Gasteiger partial charge in [0, 0.05) is 5.69 Å². The molecule has 1 heterocycles. The topological polar surface area (TPSA) is 81.4 Å². The Morgan fingerprint density at radius 1 is 0.967 bits per heavy atom. The molecule has 6 nitrogen and oxygen atoms in total. The number of para-hydroxylation sites is 2. The predicted octanol–water partition coefficient (Wildman–Crippen LogP) is 4.99. The van der Waals surface area contributed by atoms with Gasteiger partial charge in [-0.1, -0.05) is 42.0 Å². The lowest BCUT2D eigenvalue weighted by Gasteiger charge is -2.14. The van der Waals surface area contributed by atoms with Crippen LogP contribution < -0.4 is 5.32 Å². The fourth-order valence-corrected chi connectivity index (χ4v) is 2.99. The summed E-state index contributed by atoms with van der Waals surface area (Å²) in [6.45, 7) is 3.49. The number of hydrogen-bond acceptors (Lipinski definition) is 5. The normalized spacial score (nSPS) is 11.8. The first kappa shape index (κ1) is 19.4. The van der Waals surface area contributed by atoms with E-state index in [0.717, 1.165) is 5.56 Å². The molecule has 0 spiro atoms. The van der Waals surface area contributed by atoms with E-state index in [0.29, 0.717) is 28.2 Å². The van der Waals surface area contributed by atoms with Crippen molar-refractivity contribution in [2.24, 2.45) is 0 Å². The fourth-order valence-electron chi connectivity index (χ4n) is 2.99. The van der Waals surface area contributed by atoms with Crippen LogP contribution in [0.3, 0.4) is 0 Å². The number of aromatic nitrogens is 1. The highest BCUT2D eigenvalue weighted by Gasteiger charge is 2.23. The fraction of sp³-hybridized carbons (Fsp3) is 0.125. The number of aryl methyl sites for hydroxylation is 1. The van der Waals surface area contributed by atoms with Crippen molar-refractivity contribution >= 4 is 28.7 Å². The lowest BCUT2D eigenvalue weighted by Crippen LogP contribution is -2.30. The summed E-state index contributed by atoms with van der Waals surface area (Å²) in [6, 6.07) is 21.6. The molecule has 0 saturated heterocycles. The lowest BCUT2D eigenvalue weighted by atomic mass is 10.1. The Hall–Kier alpha value is -3.93. The average molecular weight is 400 g/mol. The Kier molecular flexibility index (Phi) is 5.30. The molecule has 1 aromatic heterocycles. The number of carbonyl (C=O) groups excluding carboxylic acids is 2. The van der Waals surface area contributed by atoms with E-state index in [1.54, 1.807) is 36.4 Å². The first-order valence-corrected chi connectivity index (χ1v) is 9.55. The Labute approximate surface area is 173 Å². The van der Waals surface area contributed by atoms with E-state index >= 15 is 0 Å². The van der Waals surface area contributed by atoms with E-state index in [9.17, 15) is 9.59 Å². The summed E-state index contributed by atoms with van der Waals surface area (Å²) >= 11 is 0. The van der Waals surface area contributed by atoms with Crippen LogP contribution in [0, 0.1) is 6.92 Å². The van der Waals surface area contributed by atoms with Crippen molar-refractivity contribution < 1.29 is 18.7 Å². The number of anilines is 1. The molecule has 0 aliphatic heterocycles. The summed E-state index contributed by atoms with van der Waals surface area (Å²) in [7, 11) is 0. The Balaban J connectivity index is 1.52. The molecule has 1 amide bonds. The van der Waals surface area contributed by atoms with Crippen molar-refractivity contribution in [1.82, 2.24) is 4.98 Å². The number of amides is 1. The van der Waals surface area contributed by atoms with Crippen molar-refractivity contribution in [1.29, 1.82) is 0 Å². The van der Waals surface area contributed by atoms with Gasteiger partial charge in [-0.3, -0.25) is 4.79 Å². The van der Waals surface area contributed by atoms with Crippen molar-refractivity contribution in [2.45, 2.75) is 20.0 Å². The first-order chi connectivity index (χ1) is 14.5. The second-order valence-electron chi connectivity index (χ2n) is 6.94. The number of hydrogen-bond donors (Lipinski definition) is 1. The standard InChI is InChI=1S/C24H20N2O4/c1-15-11-13-17(14-12-15)25-22(27)16(2)29-24(28)19-8-4-3-7-18(19)23-26-20-9-5-6-10-21(20)30-23/h3-14,16H,1-2H3,(H,25,27). The second-order valence-corrected chi connectivity index (χ2v) is 6.94. The summed E-state index contributed by atoms with van der Waals surface area (Å²) in [5, 5.41) is 2.74. The van der Waals surface area contributed by atoms with Crippen LogP contribution in [0.4, 0.5) is 5.69 Å². The van der Waals surface area contributed by atoms with Gasteiger partial charge in [-0.25, -0.2) is 9.78 Å². The van der Waals surface area contributed by atoms with Crippen molar-refractivity contribution in [3.05, 3.63) is 83.9 Å². The monoisotopic (exact) mass is 400 g/mol. The average Bonchev–Trinajstić information content (AvgIpc) is 3.19. The van der Waals surface area contributed by atoms with Crippen molar-refractivity contribution in [3.63, 3.8) is 0 Å². The molecular weight excluding hydrogens is 380 g/mol. The molecular formula is C24H20N2O4. The maximum absolute atomic E-state index is 12.8. The zero-order valence-corrected chi connectivity index (χ0v) is 16.6. The Morgan fingerprint density at radius 2 is 1.67 bits per heavy atom. The minimum absolute atomic E-state index is 0.277. The van der Waals surface area contributed by atoms with Crippen molar-refractivity contribution in [3.8, 4) is 11.5 Å². The van der Waals surface area contributed by atoms with Gasteiger partial charge in [-0.05, 0) is 50.2 Å². The molecule has 0 radical (unpaired) electrons. The van der Waals surface area contributed by atoms with Crippen LogP contribution in [-0.4, -0.2) is 23.0 Å². The van der Waals surface area contributed by atoms with Gasteiger partial charge in [0.2, 0.25) is 5.89 Å². The second kappa shape index (κ2) is 8.21. The van der Waals surface area contributed by atoms with Gasteiger partial charge < -0.3 is 14.5 Å². The van der Waals surface area contributed by atoms with Gasteiger partial charge >= 0.3 is 5.97 Å². The van der Waals surface area contributed by atoms with E-state index in [-0.39, 0.29) is 5.56 Å². The van der Waals surface area contributed by atoms with Gasteiger partial charge in [0.05, 0.1) is 11.1 Å². The minimum Gasteiger partial charge on any atom is -0.449 e. The van der Waals surface area contributed by atoms with E-state index in [1.807, 2.05) is 43.3 Å². The van der Waals surface area contributed by atoms with Gasteiger partial charge in [0.25, 0.3) is 5.91 Å². The zero-order chi connectivity index (χ0) is 21.1. The summed E-state index contributed by atoms with van der Waals surface area (Å²) in [4.78, 5) is 29.7. The van der Waals surface area contributed by atoms with E-state index in [2.05, 4.69) is 10.3 Å². The first-order valence-electron chi connectivity index (χ1n) is 9.55. The number of carbonyl (C=O) groups is 2. The molecule has 30 heavy (non-hydrogen) atoms. The molecule has 0 bridgehead atoms. The molecule has 3 aromatic carbocycles. The van der Waals surface area contributed by atoms with Gasteiger partial charge in [-0.15, -0.1) is 0 Å². The molecule has 0 aliphatic carbocycles. The molecule has 4 rings (SSSR count). The third kappa shape index (κ3) is 4.07. The largest absolute Gasteiger partial charge is 0.449 e. The molecule has 4 aromatic rings. The molecule has 0 fully saturated rings. The summed E-state index contributed by atoms with van der Waals surface area (Å²) in [6.07, 6.45) is -0.976. The van der Waals surface area contributed by atoms with Gasteiger partial charge in [0.1, 0.15) is 5.52 Å². The smallest absolute Gasteiger partial charge is 0.339 e. The van der Waals surface area contributed by atoms with E-state index in [1.165, 1.54) is 6.92 Å². The summed E-state index contributed by atoms with van der Waals surface area (Å²) in [5.74, 6) is -0.716. The van der Waals surface area contributed by atoms with E-state index < -0.39 is 18.0 Å². The molecule has 1 atom stereocenters. The van der Waals surface area contributed by atoms with Crippen LogP contribution in [0.15, 0.2) is 77.2 Å². The van der Waals surface area contributed by atoms with Crippen LogP contribution in [0.2, 0.25) is 0 Å². The Morgan fingerprint density at radius 3 is 2.43 bits per heavy atom. The molecule has 150 valence electrons. The number of oxazole rings is 1. The van der Waals surface area contributed by atoms with Crippen LogP contribution in [0.5, 0.6) is 0 Å². The Bertz CT molecular complexity index is 1180. The molecule has 1 unspecified atom stereocenters. The molecule has 0 aliphatic rings. The number of ether oxygens (including phenoxy) is 1. The number of fused-ring (bicyclic) bond motifs is 1. The number of esters is 1. The number of nitrogens with one attached hydrogen (secondary N) is 1. The number of nitrogens with zero attached hydrogens (tertiary/aromatic N) is 1. The number of benzene rings is 3. The highest BCUT2D eigenvalue weighted by molar-refractivity contribution is 6.00. The van der Waals surface area contributed by atoms with Gasteiger partial charge in [-0.2, -0.15) is 0 Å². The summed E-state index contributed by atoms with van der Waals surface area (Å²) in [5.41, 5.74) is 3.83. The third-order valence-corrected chi connectivity index (χ3v) is 4.64. The van der Waals surface area contributed by atoms with Crippen LogP contribution >= 0.6 is 0 Å². The van der Waals surface area contributed by atoms with Crippen LogP contribution in [-0.2, 0) is 9.53 Å². The quantitative estimate of drug-likeness (QED) is 0.478. The minimum atomic E-state index is -0.976. The van der Waals surface area contributed by atoms with Crippen molar-refractivity contribution in [2.75, 3.05) is 5.32 Å². The third-order valence-electron chi connectivity index (χ3n) is 4.64. The van der Waals surface area contributed by atoms with Gasteiger partial charge in [0.15, 0.2) is 11.7 Å². The molecule has 0 saturated carbocycles. The zero-order valence-electron chi connectivity index (χ0n) is 16.6. The maximum Gasteiger partial charge on any atom is 0.339 e. The van der Waals surface area contributed by atoms with Crippen LogP contribution in [0.25, 0.3) is 22.6 Å². The maximum atomic E-state index is 12.8. The highest BCUT2D eigenvalue weighted by atomic mass is 16.5.